The van der Waals surface area contributed by atoms with E-state index in [0.717, 1.165) is 11.1 Å². The standard InChI is InChI=1S/C29H33N3O6/c1-18(2)28(34)37-17-36-26-23(30)15-16-31-25(26)27(33)32-19(3)29(35)38-20(4)24(21-11-7-5-8-12-21)22-13-9-6-10-14-22/h5-16,18-20,24H,17H2,1-4H3,(H2,30,31)(H,32,33)/t19-,20?/m0/s1. The number of pyridine rings is 1. The summed E-state index contributed by atoms with van der Waals surface area (Å²) in [6.45, 7) is 6.26. The van der Waals surface area contributed by atoms with Gasteiger partial charge in [0.1, 0.15) is 12.1 Å². The molecular formula is C29H33N3O6. The van der Waals surface area contributed by atoms with Crippen LogP contribution in [0.4, 0.5) is 5.69 Å². The molecule has 0 aliphatic heterocycles. The minimum Gasteiger partial charge on any atom is -0.460 e. The summed E-state index contributed by atoms with van der Waals surface area (Å²) < 4.78 is 16.2. The Hall–Kier alpha value is -4.40. The second kappa shape index (κ2) is 13.2. The molecule has 9 heteroatoms. The van der Waals surface area contributed by atoms with Crippen molar-refractivity contribution < 1.29 is 28.6 Å². The van der Waals surface area contributed by atoms with Crippen molar-refractivity contribution in [1.29, 1.82) is 0 Å². The molecule has 200 valence electrons. The van der Waals surface area contributed by atoms with Crippen LogP contribution in [0.15, 0.2) is 72.9 Å². The van der Waals surface area contributed by atoms with E-state index < -0.39 is 36.8 Å². The summed E-state index contributed by atoms with van der Waals surface area (Å²) in [7, 11) is 0. The molecule has 0 fully saturated rings. The van der Waals surface area contributed by atoms with Crippen LogP contribution in [0.3, 0.4) is 0 Å². The smallest absolute Gasteiger partial charge is 0.328 e. The number of carbonyl (C=O) groups excluding carboxylic acids is 3. The van der Waals surface area contributed by atoms with Gasteiger partial charge < -0.3 is 25.3 Å². The largest absolute Gasteiger partial charge is 0.460 e. The van der Waals surface area contributed by atoms with Crippen LogP contribution < -0.4 is 15.8 Å². The van der Waals surface area contributed by atoms with E-state index in [9.17, 15) is 14.4 Å². The van der Waals surface area contributed by atoms with Gasteiger partial charge in [0.2, 0.25) is 6.79 Å². The lowest BCUT2D eigenvalue weighted by atomic mass is 9.87. The summed E-state index contributed by atoms with van der Waals surface area (Å²) >= 11 is 0. The molecule has 0 saturated heterocycles. The van der Waals surface area contributed by atoms with Crippen molar-refractivity contribution >= 4 is 23.5 Å². The lowest BCUT2D eigenvalue weighted by Gasteiger charge is -2.26. The summed E-state index contributed by atoms with van der Waals surface area (Å²) in [5.41, 5.74) is 7.94. The Morgan fingerprint density at radius 2 is 1.45 bits per heavy atom. The molecule has 0 spiro atoms. The Morgan fingerprint density at radius 1 is 0.868 bits per heavy atom. The van der Waals surface area contributed by atoms with E-state index in [4.69, 9.17) is 19.9 Å². The number of aromatic nitrogens is 1. The van der Waals surface area contributed by atoms with Gasteiger partial charge in [-0.2, -0.15) is 0 Å². The minimum absolute atomic E-state index is 0.0521. The molecular weight excluding hydrogens is 486 g/mol. The average molecular weight is 520 g/mol. The number of nitrogens with zero attached hydrogens (tertiary/aromatic N) is 1. The molecule has 1 amide bonds. The molecule has 1 heterocycles. The van der Waals surface area contributed by atoms with Gasteiger partial charge in [-0.3, -0.25) is 9.59 Å². The van der Waals surface area contributed by atoms with Crippen molar-refractivity contribution in [3.63, 3.8) is 0 Å². The molecule has 3 aromatic rings. The van der Waals surface area contributed by atoms with Gasteiger partial charge in [0.05, 0.1) is 11.6 Å². The van der Waals surface area contributed by atoms with Gasteiger partial charge in [-0.15, -0.1) is 0 Å². The number of anilines is 1. The maximum absolute atomic E-state index is 13.0. The van der Waals surface area contributed by atoms with E-state index >= 15 is 0 Å². The summed E-state index contributed by atoms with van der Waals surface area (Å²) in [4.78, 5) is 41.7. The molecule has 1 unspecified atom stereocenters. The number of nitrogen functional groups attached to an aromatic ring is 1. The van der Waals surface area contributed by atoms with E-state index in [1.807, 2.05) is 67.6 Å². The molecule has 0 radical (unpaired) electrons. The van der Waals surface area contributed by atoms with Crippen molar-refractivity contribution in [2.75, 3.05) is 12.5 Å². The summed E-state index contributed by atoms with van der Waals surface area (Å²) in [6, 6.07) is 20.0. The third-order valence-corrected chi connectivity index (χ3v) is 5.82. The fraction of sp³-hybridized carbons (Fsp3) is 0.310. The number of rotatable bonds is 11. The predicted octanol–water partition coefficient (Wildman–Crippen LogP) is 4.08. The summed E-state index contributed by atoms with van der Waals surface area (Å²) in [6.07, 6.45) is 0.818. The molecule has 2 aromatic carbocycles. The number of benzene rings is 2. The number of ether oxygens (including phenoxy) is 3. The fourth-order valence-electron chi connectivity index (χ4n) is 3.82. The van der Waals surface area contributed by atoms with Crippen molar-refractivity contribution in [2.24, 2.45) is 5.92 Å². The molecule has 0 saturated carbocycles. The molecule has 3 rings (SSSR count). The molecule has 0 aliphatic rings. The van der Waals surface area contributed by atoms with Crippen LogP contribution in [0.1, 0.15) is 55.2 Å². The maximum atomic E-state index is 13.0. The number of amides is 1. The average Bonchev–Trinajstić information content (AvgIpc) is 2.90. The molecule has 38 heavy (non-hydrogen) atoms. The second-order valence-electron chi connectivity index (χ2n) is 9.09. The molecule has 3 N–H and O–H groups in total. The molecule has 1 aromatic heterocycles. The highest BCUT2D eigenvalue weighted by Crippen LogP contribution is 2.30. The summed E-state index contributed by atoms with van der Waals surface area (Å²) in [5.74, 6) is -2.36. The maximum Gasteiger partial charge on any atom is 0.328 e. The van der Waals surface area contributed by atoms with Gasteiger partial charge in [-0.05, 0) is 31.0 Å². The van der Waals surface area contributed by atoms with E-state index in [1.54, 1.807) is 13.8 Å². The lowest BCUT2D eigenvalue weighted by molar-refractivity contribution is -0.154. The van der Waals surface area contributed by atoms with Crippen LogP contribution in [0.2, 0.25) is 0 Å². The SMILES string of the molecule is CC(C)C(=O)OCOc1c(N)ccnc1C(=O)N[C@@H](C)C(=O)OC(C)C(c1ccccc1)c1ccccc1. The van der Waals surface area contributed by atoms with Crippen molar-refractivity contribution in [1.82, 2.24) is 10.3 Å². The number of hydrogen-bond acceptors (Lipinski definition) is 8. The molecule has 0 aliphatic carbocycles. The monoisotopic (exact) mass is 519 g/mol. The lowest BCUT2D eigenvalue weighted by Crippen LogP contribution is -2.41. The minimum atomic E-state index is -0.994. The zero-order chi connectivity index (χ0) is 27.7. The van der Waals surface area contributed by atoms with E-state index in [0.29, 0.717) is 0 Å². The van der Waals surface area contributed by atoms with Crippen LogP contribution in [0.5, 0.6) is 5.75 Å². The normalized spacial score (nSPS) is 12.5. The Labute approximate surface area is 222 Å². The molecule has 2 atom stereocenters. The van der Waals surface area contributed by atoms with Crippen molar-refractivity contribution in [3.8, 4) is 5.75 Å². The van der Waals surface area contributed by atoms with E-state index in [1.165, 1.54) is 19.2 Å². The van der Waals surface area contributed by atoms with Gasteiger partial charge in [0.15, 0.2) is 11.4 Å². The highest BCUT2D eigenvalue weighted by Gasteiger charge is 2.28. The van der Waals surface area contributed by atoms with Gasteiger partial charge >= 0.3 is 11.9 Å². The first-order chi connectivity index (χ1) is 18.2. The Morgan fingerprint density at radius 3 is 2.00 bits per heavy atom. The summed E-state index contributed by atoms with van der Waals surface area (Å²) in [5, 5.41) is 2.59. The van der Waals surface area contributed by atoms with Gasteiger partial charge in [0, 0.05) is 12.1 Å². The molecule has 0 bridgehead atoms. The van der Waals surface area contributed by atoms with Gasteiger partial charge in [0.25, 0.3) is 5.91 Å². The topological polar surface area (TPSA) is 130 Å². The van der Waals surface area contributed by atoms with Crippen LogP contribution in [0, 0.1) is 5.92 Å². The van der Waals surface area contributed by atoms with Crippen LogP contribution in [0.25, 0.3) is 0 Å². The van der Waals surface area contributed by atoms with Gasteiger partial charge in [-0.25, -0.2) is 9.78 Å². The number of carbonyl (C=O) groups is 3. The zero-order valence-corrected chi connectivity index (χ0v) is 21.9. The van der Waals surface area contributed by atoms with Crippen LogP contribution >= 0.6 is 0 Å². The Balaban J connectivity index is 1.69. The van der Waals surface area contributed by atoms with Gasteiger partial charge in [-0.1, -0.05) is 74.5 Å². The van der Waals surface area contributed by atoms with Crippen molar-refractivity contribution in [2.45, 2.75) is 45.8 Å². The highest BCUT2D eigenvalue weighted by molar-refractivity contribution is 5.98. The van der Waals surface area contributed by atoms with Crippen LogP contribution in [-0.4, -0.2) is 41.8 Å². The first-order valence-corrected chi connectivity index (χ1v) is 12.3. The van der Waals surface area contributed by atoms with E-state index in [-0.39, 0.29) is 29.0 Å². The predicted molar refractivity (Wildman–Crippen MR) is 142 cm³/mol. The third kappa shape index (κ3) is 7.32. The molecule has 9 nitrogen and oxygen atoms in total. The first-order valence-electron chi connectivity index (χ1n) is 12.3. The number of nitrogens with one attached hydrogen (secondary N) is 1. The van der Waals surface area contributed by atoms with Crippen LogP contribution in [-0.2, 0) is 19.1 Å². The third-order valence-electron chi connectivity index (χ3n) is 5.82. The zero-order valence-electron chi connectivity index (χ0n) is 21.9. The first kappa shape index (κ1) is 28.2. The quantitative estimate of drug-likeness (QED) is 0.286. The Bertz CT molecular complexity index is 1190. The Kier molecular flexibility index (Phi) is 9.81. The number of nitrogens with two attached hydrogens (primary N) is 1. The second-order valence-corrected chi connectivity index (χ2v) is 9.09. The van der Waals surface area contributed by atoms with Crippen molar-refractivity contribution in [3.05, 3.63) is 89.7 Å². The number of esters is 2. The fourth-order valence-corrected chi connectivity index (χ4v) is 3.82. The highest BCUT2D eigenvalue weighted by atomic mass is 16.7. The number of hydrogen-bond donors (Lipinski definition) is 2. The van der Waals surface area contributed by atoms with E-state index in [2.05, 4.69) is 10.3 Å².